The molecule has 3 rings (SSSR count). The van der Waals surface area contributed by atoms with Gasteiger partial charge >= 0.3 is 5.97 Å². The van der Waals surface area contributed by atoms with Crippen LogP contribution < -0.4 is 0 Å². The summed E-state index contributed by atoms with van der Waals surface area (Å²) in [5.74, 6) is -0.406. The average molecular weight is 348 g/mol. The van der Waals surface area contributed by atoms with Crippen molar-refractivity contribution in [3.63, 3.8) is 0 Å². The van der Waals surface area contributed by atoms with E-state index in [1.54, 1.807) is 0 Å². The third-order valence-corrected chi connectivity index (χ3v) is 4.19. The lowest BCUT2D eigenvalue weighted by Gasteiger charge is -2.17. The van der Waals surface area contributed by atoms with E-state index in [0.29, 0.717) is 5.56 Å². The van der Waals surface area contributed by atoms with Gasteiger partial charge in [0.25, 0.3) is 0 Å². The molecule has 0 amide bonds. The van der Waals surface area contributed by atoms with Crippen molar-refractivity contribution < 1.29 is 19.3 Å². The van der Waals surface area contributed by atoms with Gasteiger partial charge in [-0.05, 0) is 22.3 Å². The first-order valence-corrected chi connectivity index (χ1v) is 8.27. The van der Waals surface area contributed by atoms with Crippen LogP contribution in [0.2, 0.25) is 0 Å². The van der Waals surface area contributed by atoms with Crippen molar-refractivity contribution in [2.45, 2.75) is 6.61 Å². The molecule has 0 saturated heterocycles. The summed E-state index contributed by atoms with van der Waals surface area (Å²) in [4.78, 5) is 22.7. The number of esters is 1. The van der Waals surface area contributed by atoms with Gasteiger partial charge in [0, 0.05) is 5.56 Å². The highest BCUT2D eigenvalue weighted by atomic mass is 17.2. The van der Waals surface area contributed by atoms with Crippen LogP contribution in [-0.2, 0) is 21.1 Å². The van der Waals surface area contributed by atoms with Gasteiger partial charge in [-0.25, -0.2) is 14.6 Å². The van der Waals surface area contributed by atoms with Crippen molar-refractivity contribution >= 4 is 5.97 Å². The van der Waals surface area contributed by atoms with E-state index < -0.39 is 5.97 Å². The molecule has 26 heavy (non-hydrogen) atoms. The summed E-state index contributed by atoms with van der Waals surface area (Å²) in [7, 11) is 2.83. The minimum atomic E-state index is -0.406. The normalized spacial score (nSPS) is 10.5. The van der Waals surface area contributed by atoms with Crippen molar-refractivity contribution in [1.82, 2.24) is 0 Å². The number of carbonyl (C=O) groups is 1. The standard InChI is InChI=1S/C22H20O4/c1-24-22(23)21-19(17-11-7-4-8-12-17)14-13-18(20(21)15-26-25-2)16-9-5-3-6-10-16/h3-14H,15H2,1-2H3. The summed E-state index contributed by atoms with van der Waals surface area (Å²) in [6.45, 7) is 0.131. The monoisotopic (exact) mass is 348 g/mol. The summed E-state index contributed by atoms with van der Waals surface area (Å²) in [6, 6.07) is 23.5. The quantitative estimate of drug-likeness (QED) is 0.362. The van der Waals surface area contributed by atoms with Crippen molar-refractivity contribution in [2.24, 2.45) is 0 Å². The van der Waals surface area contributed by atoms with Gasteiger partial charge in [-0.15, -0.1) is 0 Å². The van der Waals surface area contributed by atoms with Crippen LogP contribution in [0.3, 0.4) is 0 Å². The van der Waals surface area contributed by atoms with Gasteiger partial charge in [-0.2, -0.15) is 0 Å². The molecular weight excluding hydrogens is 328 g/mol. The summed E-state index contributed by atoms with van der Waals surface area (Å²) in [5.41, 5.74) is 4.84. The zero-order valence-corrected chi connectivity index (χ0v) is 14.8. The zero-order valence-electron chi connectivity index (χ0n) is 14.8. The Bertz CT molecular complexity index is 873. The van der Waals surface area contributed by atoms with Gasteiger partial charge in [-0.1, -0.05) is 72.8 Å². The third-order valence-electron chi connectivity index (χ3n) is 4.19. The molecule has 0 atom stereocenters. The number of benzene rings is 3. The molecular formula is C22H20O4. The molecule has 0 spiro atoms. The predicted octanol–water partition coefficient (Wildman–Crippen LogP) is 4.89. The number of methoxy groups -OCH3 is 1. The largest absolute Gasteiger partial charge is 0.465 e. The van der Waals surface area contributed by atoms with E-state index in [1.807, 2.05) is 72.8 Å². The maximum atomic E-state index is 12.7. The molecule has 0 aliphatic rings. The maximum Gasteiger partial charge on any atom is 0.338 e. The Labute approximate surface area is 152 Å². The van der Waals surface area contributed by atoms with E-state index >= 15 is 0 Å². The van der Waals surface area contributed by atoms with Crippen LogP contribution in [0, 0.1) is 0 Å². The number of carbonyl (C=O) groups excluding carboxylic acids is 1. The lowest BCUT2D eigenvalue weighted by Crippen LogP contribution is -2.11. The molecule has 0 aliphatic carbocycles. The molecule has 3 aromatic rings. The second kappa shape index (κ2) is 8.43. The fraction of sp³-hybridized carbons (Fsp3) is 0.136. The van der Waals surface area contributed by atoms with Crippen molar-refractivity contribution in [2.75, 3.05) is 14.2 Å². The zero-order chi connectivity index (χ0) is 18.4. The van der Waals surface area contributed by atoms with E-state index in [9.17, 15) is 4.79 Å². The molecule has 0 saturated carbocycles. The molecule has 3 aromatic carbocycles. The molecule has 0 heterocycles. The molecule has 132 valence electrons. The SMILES string of the molecule is COOCc1c(-c2ccccc2)ccc(-c2ccccc2)c1C(=O)OC. The first kappa shape index (κ1) is 17.9. The Hall–Kier alpha value is -2.95. The lowest BCUT2D eigenvalue weighted by molar-refractivity contribution is -0.282. The van der Waals surface area contributed by atoms with Crippen LogP contribution in [0.15, 0.2) is 72.8 Å². The molecule has 0 fully saturated rings. The highest BCUT2D eigenvalue weighted by Crippen LogP contribution is 2.34. The fourth-order valence-corrected chi connectivity index (χ4v) is 3.00. The average Bonchev–Trinajstić information content (AvgIpc) is 2.72. The lowest BCUT2D eigenvalue weighted by atomic mass is 9.89. The van der Waals surface area contributed by atoms with Crippen molar-refractivity contribution in [3.8, 4) is 22.3 Å². The highest BCUT2D eigenvalue weighted by Gasteiger charge is 2.22. The van der Waals surface area contributed by atoms with E-state index in [4.69, 9.17) is 14.5 Å². The molecule has 0 unspecified atom stereocenters. The Morgan fingerprint density at radius 3 is 1.85 bits per heavy atom. The second-order valence-corrected chi connectivity index (χ2v) is 5.67. The van der Waals surface area contributed by atoms with E-state index in [-0.39, 0.29) is 6.61 Å². The van der Waals surface area contributed by atoms with Crippen LogP contribution in [-0.4, -0.2) is 20.2 Å². The first-order chi connectivity index (χ1) is 12.8. The predicted molar refractivity (Wildman–Crippen MR) is 100 cm³/mol. The summed E-state index contributed by atoms with van der Waals surface area (Å²) < 4.78 is 5.07. The highest BCUT2D eigenvalue weighted by molar-refractivity contribution is 6.01. The van der Waals surface area contributed by atoms with Gasteiger partial charge in [0.15, 0.2) is 0 Å². The minimum Gasteiger partial charge on any atom is -0.465 e. The fourth-order valence-electron chi connectivity index (χ4n) is 3.00. The second-order valence-electron chi connectivity index (χ2n) is 5.67. The van der Waals surface area contributed by atoms with Gasteiger partial charge in [0.2, 0.25) is 0 Å². The topological polar surface area (TPSA) is 44.8 Å². The van der Waals surface area contributed by atoms with Gasteiger partial charge < -0.3 is 4.74 Å². The van der Waals surface area contributed by atoms with Gasteiger partial charge in [0.1, 0.15) is 6.61 Å². The van der Waals surface area contributed by atoms with Crippen LogP contribution >= 0.6 is 0 Å². The number of ether oxygens (including phenoxy) is 1. The third kappa shape index (κ3) is 3.67. The Morgan fingerprint density at radius 1 is 0.769 bits per heavy atom. The molecule has 0 N–H and O–H groups in total. The van der Waals surface area contributed by atoms with E-state index in [1.165, 1.54) is 14.2 Å². The van der Waals surface area contributed by atoms with Crippen LogP contribution in [0.5, 0.6) is 0 Å². The number of rotatable bonds is 6. The number of hydrogen-bond acceptors (Lipinski definition) is 4. The molecule has 4 heteroatoms. The van der Waals surface area contributed by atoms with Crippen LogP contribution in [0.1, 0.15) is 15.9 Å². The van der Waals surface area contributed by atoms with Crippen LogP contribution in [0.4, 0.5) is 0 Å². The van der Waals surface area contributed by atoms with Crippen molar-refractivity contribution in [3.05, 3.63) is 83.9 Å². The first-order valence-electron chi connectivity index (χ1n) is 8.27. The van der Waals surface area contributed by atoms with E-state index in [0.717, 1.165) is 27.8 Å². The maximum absolute atomic E-state index is 12.7. The Kier molecular flexibility index (Phi) is 5.79. The number of hydrogen-bond donors (Lipinski definition) is 0. The summed E-state index contributed by atoms with van der Waals surface area (Å²) in [5, 5.41) is 0. The Balaban J connectivity index is 2.26. The molecule has 0 aromatic heterocycles. The van der Waals surface area contributed by atoms with Crippen molar-refractivity contribution in [1.29, 1.82) is 0 Å². The summed E-state index contributed by atoms with van der Waals surface area (Å²) >= 11 is 0. The van der Waals surface area contributed by atoms with Gasteiger partial charge in [0.05, 0.1) is 19.8 Å². The molecule has 0 bridgehead atoms. The molecule has 4 nitrogen and oxygen atoms in total. The smallest absolute Gasteiger partial charge is 0.338 e. The van der Waals surface area contributed by atoms with Gasteiger partial charge in [-0.3, -0.25) is 0 Å². The van der Waals surface area contributed by atoms with Crippen LogP contribution in [0.25, 0.3) is 22.3 Å². The molecule has 0 aliphatic heterocycles. The minimum absolute atomic E-state index is 0.131. The Morgan fingerprint density at radius 2 is 1.31 bits per heavy atom. The van der Waals surface area contributed by atoms with E-state index in [2.05, 4.69) is 0 Å². The summed E-state index contributed by atoms with van der Waals surface area (Å²) in [6.07, 6.45) is 0. The molecule has 0 radical (unpaired) electrons.